The summed E-state index contributed by atoms with van der Waals surface area (Å²) in [7, 11) is 0. The monoisotopic (exact) mass is 288 g/mol. The first-order valence-electron chi connectivity index (χ1n) is 6.82. The van der Waals surface area contributed by atoms with E-state index in [4.69, 9.17) is 11.6 Å². The van der Waals surface area contributed by atoms with E-state index in [1.807, 2.05) is 31.2 Å². The Balaban J connectivity index is 1.81. The topological polar surface area (TPSA) is 41.0 Å². The molecule has 2 aromatic rings. The van der Waals surface area contributed by atoms with Crippen molar-refractivity contribution in [1.82, 2.24) is 9.97 Å². The molecule has 0 radical (unpaired) electrons. The summed E-state index contributed by atoms with van der Waals surface area (Å²) < 4.78 is 0. The first-order valence-corrected chi connectivity index (χ1v) is 7.20. The van der Waals surface area contributed by atoms with Gasteiger partial charge in [0, 0.05) is 29.9 Å². The molecule has 1 aliphatic heterocycles. The molecule has 0 amide bonds. The first kappa shape index (κ1) is 13.2. The lowest BCUT2D eigenvalue weighted by atomic mass is 10.2. The molecule has 104 valence electrons. The molecule has 4 nitrogen and oxygen atoms in total. The van der Waals surface area contributed by atoms with Gasteiger partial charge >= 0.3 is 0 Å². The lowest BCUT2D eigenvalue weighted by molar-refractivity contribution is 0.928. The van der Waals surface area contributed by atoms with Crippen LogP contribution in [-0.4, -0.2) is 23.1 Å². The third-order valence-electron chi connectivity index (χ3n) is 3.53. The summed E-state index contributed by atoms with van der Waals surface area (Å²) in [4.78, 5) is 10.9. The quantitative estimate of drug-likeness (QED) is 0.933. The largest absolute Gasteiger partial charge is 0.356 e. The van der Waals surface area contributed by atoms with E-state index in [1.54, 1.807) is 6.33 Å². The van der Waals surface area contributed by atoms with Gasteiger partial charge in [0.15, 0.2) is 0 Å². The molecule has 1 saturated heterocycles. The molecule has 1 fully saturated rings. The van der Waals surface area contributed by atoms with Crippen LogP contribution in [0.25, 0.3) is 0 Å². The molecule has 1 N–H and O–H groups in total. The average molecular weight is 289 g/mol. The van der Waals surface area contributed by atoms with Gasteiger partial charge in [-0.15, -0.1) is 0 Å². The third kappa shape index (κ3) is 2.85. The summed E-state index contributed by atoms with van der Waals surface area (Å²) in [6.45, 7) is 4.18. The fraction of sp³-hybridized carbons (Fsp3) is 0.333. The normalized spacial score (nSPS) is 14.6. The van der Waals surface area contributed by atoms with Crippen LogP contribution in [0.4, 0.5) is 17.3 Å². The second kappa shape index (κ2) is 5.67. The van der Waals surface area contributed by atoms with Crippen molar-refractivity contribution in [3.63, 3.8) is 0 Å². The Kier molecular flexibility index (Phi) is 3.74. The predicted molar refractivity (Wildman–Crippen MR) is 83.0 cm³/mol. The zero-order chi connectivity index (χ0) is 13.9. The van der Waals surface area contributed by atoms with Crippen LogP contribution in [-0.2, 0) is 0 Å². The van der Waals surface area contributed by atoms with Crippen LogP contribution >= 0.6 is 11.6 Å². The summed E-state index contributed by atoms with van der Waals surface area (Å²) >= 11 is 5.97. The van der Waals surface area contributed by atoms with E-state index in [-0.39, 0.29) is 0 Å². The molecular formula is C15H17ClN4. The van der Waals surface area contributed by atoms with E-state index < -0.39 is 0 Å². The summed E-state index contributed by atoms with van der Waals surface area (Å²) in [6, 6.07) is 7.78. The van der Waals surface area contributed by atoms with Crippen molar-refractivity contribution in [1.29, 1.82) is 0 Å². The fourth-order valence-corrected chi connectivity index (χ4v) is 2.67. The highest BCUT2D eigenvalue weighted by Crippen LogP contribution is 2.25. The molecular weight excluding hydrogens is 272 g/mol. The number of halogens is 1. The molecule has 5 heteroatoms. The molecule has 0 bridgehead atoms. The molecule has 20 heavy (non-hydrogen) atoms. The maximum atomic E-state index is 5.97. The van der Waals surface area contributed by atoms with Crippen molar-refractivity contribution in [3.8, 4) is 0 Å². The predicted octanol–water partition coefficient (Wildman–Crippen LogP) is 3.78. The molecule has 1 aliphatic rings. The Bertz CT molecular complexity index is 609. The number of aryl methyl sites for hydroxylation is 1. The maximum absolute atomic E-state index is 5.97. The Morgan fingerprint density at radius 2 is 1.95 bits per heavy atom. The van der Waals surface area contributed by atoms with Crippen molar-refractivity contribution in [2.75, 3.05) is 23.3 Å². The second-order valence-corrected chi connectivity index (χ2v) is 5.48. The van der Waals surface area contributed by atoms with E-state index in [0.717, 1.165) is 41.0 Å². The van der Waals surface area contributed by atoms with Crippen molar-refractivity contribution in [2.24, 2.45) is 0 Å². The SMILES string of the molecule is Cc1cc(Cl)ccc1Nc1cc(N2CCCC2)ncn1. The van der Waals surface area contributed by atoms with Gasteiger partial charge in [-0.1, -0.05) is 11.6 Å². The zero-order valence-electron chi connectivity index (χ0n) is 11.4. The van der Waals surface area contributed by atoms with E-state index in [0.29, 0.717) is 0 Å². The second-order valence-electron chi connectivity index (χ2n) is 5.04. The molecule has 2 heterocycles. The minimum atomic E-state index is 0.744. The summed E-state index contributed by atoms with van der Waals surface area (Å²) in [5, 5.41) is 4.07. The van der Waals surface area contributed by atoms with Gasteiger partial charge in [0.2, 0.25) is 0 Å². The number of anilines is 3. The van der Waals surface area contributed by atoms with Crippen molar-refractivity contribution < 1.29 is 0 Å². The van der Waals surface area contributed by atoms with Gasteiger partial charge in [-0.25, -0.2) is 9.97 Å². The zero-order valence-corrected chi connectivity index (χ0v) is 12.2. The highest BCUT2D eigenvalue weighted by Gasteiger charge is 2.14. The standard InChI is InChI=1S/C15H17ClN4/c1-11-8-12(16)4-5-13(11)19-14-9-15(18-10-17-14)20-6-2-3-7-20/h4-5,8-10H,2-3,6-7H2,1H3,(H,17,18,19). The summed E-state index contributed by atoms with van der Waals surface area (Å²) in [5.74, 6) is 1.80. The van der Waals surface area contributed by atoms with Crippen molar-refractivity contribution in [2.45, 2.75) is 19.8 Å². The highest BCUT2D eigenvalue weighted by atomic mass is 35.5. The summed E-state index contributed by atoms with van der Waals surface area (Å²) in [5.41, 5.74) is 2.11. The van der Waals surface area contributed by atoms with Gasteiger partial charge < -0.3 is 10.2 Å². The van der Waals surface area contributed by atoms with Gasteiger partial charge in [0.1, 0.15) is 18.0 Å². The van der Waals surface area contributed by atoms with Gasteiger partial charge in [0.25, 0.3) is 0 Å². The maximum Gasteiger partial charge on any atom is 0.135 e. The van der Waals surface area contributed by atoms with Crippen LogP contribution in [0.5, 0.6) is 0 Å². The third-order valence-corrected chi connectivity index (χ3v) is 3.77. The molecule has 0 atom stereocenters. The molecule has 1 aromatic heterocycles. The highest BCUT2D eigenvalue weighted by molar-refractivity contribution is 6.30. The molecule has 1 aromatic carbocycles. The Morgan fingerprint density at radius 3 is 2.70 bits per heavy atom. The van der Waals surface area contributed by atoms with Crippen LogP contribution in [0, 0.1) is 6.92 Å². The number of nitrogens with one attached hydrogen (secondary N) is 1. The van der Waals surface area contributed by atoms with Crippen LogP contribution in [0.3, 0.4) is 0 Å². The first-order chi connectivity index (χ1) is 9.72. The van der Waals surface area contributed by atoms with Crippen LogP contribution in [0.15, 0.2) is 30.6 Å². The van der Waals surface area contributed by atoms with E-state index >= 15 is 0 Å². The number of aromatic nitrogens is 2. The van der Waals surface area contributed by atoms with E-state index in [9.17, 15) is 0 Å². The molecule has 0 saturated carbocycles. The number of hydrogen-bond donors (Lipinski definition) is 1. The van der Waals surface area contributed by atoms with Crippen molar-refractivity contribution in [3.05, 3.63) is 41.2 Å². The van der Waals surface area contributed by atoms with Gasteiger partial charge in [-0.05, 0) is 43.5 Å². The number of benzene rings is 1. The lowest BCUT2D eigenvalue weighted by Crippen LogP contribution is -2.19. The van der Waals surface area contributed by atoms with Crippen molar-refractivity contribution >= 4 is 28.9 Å². The summed E-state index contributed by atoms with van der Waals surface area (Å²) in [6.07, 6.45) is 4.09. The van der Waals surface area contributed by atoms with E-state index in [2.05, 4.69) is 20.2 Å². The lowest BCUT2D eigenvalue weighted by Gasteiger charge is -2.17. The number of rotatable bonds is 3. The van der Waals surface area contributed by atoms with Crippen LogP contribution in [0.1, 0.15) is 18.4 Å². The van der Waals surface area contributed by atoms with E-state index in [1.165, 1.54) is 12.8 Å². The Hall–Kier alpha value is -1.81. The molecule has 0 aliphatic carbocycles. The average Bonchev–Trinajstić information content (AvgIpc) is 2.96. The van der Waals surface area contributed by atoms with Gasteiger partial charge in [-0.3, -0.25) is 0 Å². The number of nitrogens with zero attached hydrogens (tertiary/aromatic N) is 3. The Labute approximate surface area is 123 Å². The minimum absolute atomic E-state index is 0.744. The smallest absolute Gasteiger partial charge is 0.135 e. The number of hydrogen-bond acceptors (Lipinski definition) is 4. The fourth-order valence-electron chi connectivity index (χ4n) is 2.44. The molecule has 3 rings (SSSR count). The minimum Gasteiger partial charge on any atom is -0.356 e. The van der Waals surface area contributed by atoms with Crippen LogP contribution in [0.2, 0.25) is 5.02 Å². The van der Waals surface area contributed by atoms with Gasteiger partial charge in [-0.2, -0.15) is 0 Å². The van der Waals surface area contributed by atoms with Gasteiger partial charge in [0.05, 0.1) is 0 Å². The molecule has 0 spiro atoms. The Morgan fingerprint density at radius 1 is 1.15 bits per heavy atom. The van der Waals surface area contributed by atoms with Crippen LogP contribution < -0.4 is 10.2 Å². The molecule has 0 unspecified atom stereocenters.